The molecule has 2 aromatic heterocycles. The first-order valence-electron chi connectivity index (χ1n) is 11.3. The van der Waals surface area contributed by atoms with Crippen molar-refractivity contribution in [2.45, 2.75) is 31.6 Å². The number of hydrogen-bond acceptors (Lipinski definition) is 2. The molecule has 0 bridgehead atoms. The molecule has 0 atom stereocenters. The highest BCUT2D eigenvalue weighted by Crippen LogP contribution is 2.41. The summed E-state index contributed by atoms with van der Waals surface area (Å²) in [6.07, 6.45) is 4.26. The van der Waals surface area contributed by atoms with Crippen LogP contribution in [0.4, 0.5) is 4.39 Å². The van der Waals surface area contributed by atoms with Crippen molar-refractivity contribution >= 4 is 64.4 Å². The lowest BCUT2D eigenvalue weighted by molar-refractivity contribution is 0.622. The van der Waals surface area contributed by atoms with Crippen LogP contribution < -0.4 is 0 Å². The van der Waals surface area contributed by atoms with Crippen molar-refractivity contribution in [2.24, 2.45) is 0 Å². The molecule has 1 saturated carbocycles. The standard InChI is InChI=1S/C29H21FS2/c30-24-12-17(11-23(13-24)18-2-3-18)1-8-25-14-22-7-6-21-15-26-20(16-27(21)29(22)32-25)5-4-19-9-10-31-28(19)26/h4-7,9-16,18H,1-3,8H2. The maximum atomic E-state index is 14.1. The second-order valence-electron chi connectivity index (χ2n) is 9.06. The second-order valence-corrected chi connectivity index (χ2v) is 11.1. The van der Waals surface area contributed by atoms with Gasteiger partial charge in [-0.2, -0.15) is 0 Å². The van der Waals surface area contributed by atoms with Crippen LogP contribution in [-0.2, 0) is 12.8 Å². The van der Waals surface area contributed by atoms with Gasteiger partial charge in [-0.3, -0.25) is 0 Å². The topological polar surface area (TPSA) is 0 Å². The van der Waals surface area contributed by atoms with E-state index in [-0.39, 0.29) is 5.82 Å². The molecule has 0 aliphatic heterocycles. The summed E-state index contributed by atoms with van der Waals surface area (Å²) < 4.78 is 16.8. The van der Waals surface area contributed by atoms with Crippen molar-refractivity contribution in [1.82, 2.24) is 0 Å². The van der Waals surface area contributed by atoms with Crippen LogP contribution in [0.15, 0.2) is 72.1 Å². The van der Waals surface area contributed by atoms with Gasteiger partial charge in [-0.1, -0.05) is 30.3 Å². The van der Waals surface area contributed by atoms with Gasteiger partial charge in [-0.25, -0.2) is 4.39 Å². The Labute approximate surface area is 193 Å². The molecule has 3 heteroatoms. The number of hydrogen-bond donors (Lipinski definition) is 0. The molecule has 156 valence electrons. The first-order chi connectivity index (χ1) is 15.7. The minimum atomic E-state index is -0.0848. The minimum absolute atomic E-state index is 0.0848. The Morgan fingerprint density at radius 1 is 0.719 bits per heavy atom. The van der Waals surface area contributed by atoms with E-state index in [1.54, 1.807) is 12.1 Å². The Morgan fingerprint density at radius 3 is 2.28 bits per heavy atom. The molecule has 32 heavy (non-hydrogen) atoms. The second kappa shape index (κ2) is 7.13. The molecule has 0 radical (unpaired) electrons. The van der Waals surface area contributed by atoms with E-state index < -0.39 is 0 Å². The molecule has 0 amide bonds. The van der Waals surface area contributed by atoms with Gasteiger partial charge in [-0.15, -0.1) is 22.7 Å². The quantitative estimate of drug-likeness (QED) is 0.234. The van der Waals surface area contributed by atoms with Crippen LogP contribution in [-0.4, -0.2) is 0 Å². The average molecular weight is 453 g/mol. The van der Waals surface area contributed by atoms with E-state index in [0.29, 0.717) is 5.92 Å². The molecule has 2 heterocycles. The van der Waals surface area contributed by atoms with Gasteiger partial charge in [0.2, 0.25) is 0 Å². The summed E-state index contributed by atoms with van der Waals surface area (Å²) in [4.78, 5) is 1.37. The van der Waals surface area contributed by atoms with Crippen LogP contribution in [0.3, 0.4) is 0 Å². The van der Waals surface area contributed by atoms with Gasteiger partial charge < -0.3 is 0 Å². The average Bonchev–Trinajstić information content (AvgIpc) is 3.38. The molecule has 0 N–H and O–H groups in total. The van der Waals surface area contributed by atoms with E-state index in [1.807, 2.05) is 22.7 Å². The molecule has 0 unspecified atom stereocenters. The van der Waals surface area contributed by atoms with E-state index >= 15 is 0 Å². The van der Waals surface area contributed by atoms with Crippen LogP contribution in [0.2, 0.25) is 0 Å². The molecule has 0 spiro atoms. The first kappa shape index (κ1) is 18.8. The molecule has 1 aliphatic carbocycles. The summed E-state index contributed by atoms with van der Waals surface area (Å²) in [5.41, 5.74) is 2.31. The van der Waals surface area contributed by atoms with Crippen LogP contribution in [0.1, 0.15) is 34.8 Å². The Bertz CT molecular complexity index is 1650. The highest BCUT2D eigenvalue weighted by molar-refractivity contribution is 7.20. The lowest BCUT2D eigenvalue weighted by Crippen LogP contribution is -1.93. The largest absolute Gasteiger partial charge is 0.207 e. The lowest BCUT2D eigenvalue weighted by atomic mass is 10.0. The monoisotopic (exact) mass is 452 g/mol. The minimum Gasteiger partial charge on any atom is -0.207 e. The number of halogens is 1. The van der Waals surface area contributed by atoms with Gasteiger partial charge in [0.1, 0.15) is 5.82 Å². The van der Waals surface area contributed by atoms with Gasteiger partial charge in [0, 0.05) is 25.0 Å². The molecule has 7 rings (SSSR count). The number of rotatable bonds is 4. The van der Waals surface area contributed by atoms with E-state index in [0.717, 1.165) is 18.4 Å². The SMILES string of the molecule is Fc1cc(CCc2cc3ccc4cc5c(ccc6ccsc65)cc4c3s2)cc(C2CC2)c1. The Balaban J connectivity index is 1.27. The van der Waals surface area contributed by atoms with E-state index in [1.165, 1.54) is 65.0 Å². The summed E-state index contributed by atoms with van der Waals surface area (Å²) in [7, 11) is 0. The summed E-state index contributed by atoms with van der Waals surface area (Å²) in [6.45, 7) is 0. The highest BCUT2D eigenvalue weighted by atomic mass is 32.1. The maximum Gasteiger partial charge on any atom is 0.123 e. The third-order valence-corrected chi connectivity index (χ3v) is 9.00. The summed E-state index contributed by atoms with van der Waals surface area (Å²) in [6, 6.07) is 23.9. The van der Waals surface area contributed by atoms with Gasteiger partial charge in [0.25, 0.3) is 0 Å². The predicted octanol–water partition coefficient (Wildman–Crippen LogP) is 9.22. The van der Waals surface area contributed by atoms with Gasteiger partial charge >= 0.3 is 0 Å². The van der Waals surface area contributed by atoms with Gasteiger partial charge in [-0.05, 0) is 106 Å². The zero-order valence-electron chi connectivity index (χ0n) is 17.5. The molecular formula is C29H21FS2. The Hall–Kier alpha value is -2.75. The van der Waals surface area contributed by atoms with Crippen molar-refractivity contribution in [1.29, 1.82) is 0 Å². The first-order valence-corrected chi connectivity index (χ1v) is 13.0. The molecule has 0 nitrogen and oxygen atoms in total. The summed E-state index contributed by atoms with van der Waals surface area (Å²) in [5.74, 6) is 0.504. The number of benzene rings is 4. The van der Waals surface area contributed by atoms with E-state index in [4.69, 9.17) is 0 Å². The Morgan fingerprint density at radius 2 is 1.47 bits per heavy atom. The fourth-order valence-corrected chi connectivity index (χ4v) is 7.10. The molecule has 1 aliphatic rings. The Kier molecular flexibility index (Phi) is 4.18. The summed E-state index contributed by atoms with van der Waals surface area (Å²) in [5, 5.41) is 10.1. The summed E-state index contributed by atoms with van der Waals surface area (Å²) >= 11 is 3.72. The number of fused-ring (bicyclic) bond motifs is 6. The molecule has 1 fully saturated rings. The molecule has 0 saturated heterocycles. The van der Waals surface area contributed by atoms with Crippen LogP contribution in [0.5, 0.6) is 0 Å². The van der Waals surface area contributed by atoms with Crippen molar-refractivity contribution < 1.29 is 4.39 Å². The van der Waals surface area contributed by atoms with Crippen LogP contribution >= 0.6 is 22.7 Å². The fraction of sp³-hybridized carbons (Fsp3) is 0.172. The van der Waals surface area contributed by atoms with Gasteiger partial charge in [0.05, 0.1) is 0 Å². The number of thiophene rings is 2. The zero-order chi connectivity index (χ0) is 21.2. The van der Waals surface area contributed by atoms with E-state index in [9.17, 15) is 4.39 Å². The smallest absolute Gasteiger partial charge is 0.123 e. The fourth-order valence-electron chi connectivity index (χ4n) is 4.99. The number of aryl methyl sites for hydroxylation is 2. The molecule has 4 aromatic carbocycles. The highest BCUT2D eigenvalue weighted by Gasteiger charge is 2.24. The van der Waals surface area contributed by atoms with Gasteiger partial charge in [0.15, 0.2) is 0 Å². The molecular weight excluding hydrogens is 431 g/mol. The zero-order valence-corrected chi connectivity index (χ0v) is 19.2. The van der Waals surface area contributed by atoms with Crippen molar-refractivity contribution in [2.75, 3.05) is 0 Å². The van der Waals surface area contributed by atoms with Crippen molar-refractivity contribution in [3.05, 3.63) is 93.9 Å². The predicted molar refractivity (Wildman–Crippen MR) is 138 cm³/mol. The van der Waals surface area contributed by atoms with Crippen molar-refractivity contribution in [3.8, 4) is 0 Å². The molecule has 6 aromatic rings. The maximum absolute atomic E-state index is 14.1. The third kappa shape index (κ3) is 3.15. The third-order valence-electron chi connectivity index (χ3n) is 6.79. The van der Waals surface area contributed by atoms with Crippen LogP contribution in [0, 0.1) is 5.82 Å². The van der Waals surface area contributed by atoms with E-state index in [2.05, 4.69) is 60.0 Å². The van der Waals surface area contributed by atoms with Crippen LogP contribution in [0.25, 0.3) is 41.7 Å². The normalized spacial score (nSPS) is 14.3. The van der Waals surface area contributed by atoms with Crippen molar-refractivity contribution in [3.63, 3.8) is 0 Å². The lowest BCUT2D eigenvalue weighted by Gasteiger charge is -2.05.